The van der Waals surface area contributed by atoms with Crippen molar-refractivity contribution in [3.05, 3.63) is 66.2 Å². The summed E-state index contributed by atoms with van der Waals surface area (Å²) in [5.74, 6) is 1.43. The van der Waals surface area contributed by atoms with Gasteiger partial charge in [0.15, 0.2) is 6.61 Å². The second-order valence-corrected chi connectivity index (χ2v) is 4.83. The van der Waals surface area contributed by atoms with Crippen molar-refractivity contribution >= 4 is 5.88 Å². The molecule has 0 unspecified atom stereocenters. The van der Waals surface area contributed by atoms with Crippen LogP contribution < -0.4 is 10.1 Å². The number of rotatable bonds is 5. The second-order valence-electron chi connectivity index (χ2n) is 4.83. The molecule has 1 aromatic heterocycles. The van der Waals surface area contributed by atoms with Crippen LogP contribution >= 0.6 is 0 Å². The van der Waals surface area contributed by atoms with E-state index in [0.717, 1.165) is 11.1 Å². The van der Waals surface area contributed by atoms with Crippen LogP contribution in [0.4, 0.5) is 5.88 Å². The fourth-order valence-electron chi connectivity index (χ4n) is 2.19. The third-order valence-electron chi connectivity index (χ3n) is 3.33. The van der Waals surface area contributed by atoms with Gasteiger partial charge in [0, 0.05) is 7.05 Å². The minimum Gasteiger partial charge on any atom is -0.484 e. The van der Waals surface area contributed by atoms with Gasteiger partial charge >= 0.3 is 0 Å². The molecule has 0 saturated carbocycles. The first-order valence-corrected chi connectivity index (χ1v) is 7.16. The summed E-state index contributed by atoms with van der Waals surface area (Å²) < 4.78 is 11.0. The van der Waals surface area contributed by atoms with Crippen LogP contribution in [0.5, 0.6) is 5.75 Å². The average molecular weight is 305 g/mol. The molecule has 0 amide bonds. The van der Waals surface area contributed by atoms with Gasteiger partial charge in [-0.2, -0.15) is 10.2 Å². The standard InChI is InChI=1S/C18H15N3O2/c1-20-18-16(11-19)21-17(23-18)12-22-15-9-7-14(8-10-15)13-5-3-2-4-6-13/h2-10,20H,12H2,1H3. The molecule has 5 heteroatoms. The Bertz CT molecular complexity index is 818. The topological polar surface area (TPSA) is 71.1 Å². The van der Waals surface area contributed by atoms with Gasteiger partial charge in [0.2, 0.25) is 17.5 Å². The lowest BCUT2D eigenvalue weighted by Gasteiger charge is -2.05. The lowest BCUT2D eigenvalue weighted by Crippen LogP contribution is -1.95. The molecule has 3 aromatic rings. The Morgan fingerprint density at radius 1 is 1.09 bits per heavy atom. The van der Waals surface area contributed by atoms with E-state index in [1.807, 2.05) is 48.5 Å². The number of aromatic nitrogens is 1. The van der Waals surface area contributed by atoms with Crippen molar-refractivity contribution in [3.63, 3.8) is 0 Å². The number of anilines is 1. The number of benzene rings is 2. The maximum atomic E-state index is 8.93. The molecule has 5 nitrogen and oxygen atoms in total. The van der Waals surface area contributed by atoms with Crippen molar-refractivity contribution in [1.82, 2.24) is 4.98 Å². The number of nitrogens with zero attached hydrogens (tertiary/aromatic N) is 2. The minimum absolute atomic E-state index is 0.168. The number of hydrogen-bond acceptors (Lipinski definition) is 5. The molecule has 1 heterocycles. The largest absolute Gasteiger partial charge is 0.484 e. The molecule has 0 aliphatic carbocycles. The van der Waals surface area contributed by atoms with Crippen LogP contribution in [-0.4, -0.2) is 12.0 Å². The van der Waals surface area contributed by atoms with Crippen molar-refractivity contribution in [1.29, 1.82) is 5.26 Å². The lowest BCUT2D eigenvalue weighted by molar-refractivity contribution is 0.265. The zero-order chi connectivity index (χ0) is 16.1. The van der Waals surface area contributed by atoms with E-state index in [2.05, 4.69) is 22.4 Å². The van der Waals surface area contributed by atoms with E-state index in [-0.39, 0.29) is 12.3 Å². The van der Waals surface area contributed by atoms with Crippen LogP contribution in [0, 0.1) is 11.3 Å². The maximum absolute atomic E-state index is 8.93. The Kier molecular flexibility index (Phi) is 4.25. The number of nitrogens with one attached hydrogen (secondary N) is 1. The summed E-state index contributed by atoms with van der Waals surface area (Å²) in [6.07, 6.45) is 0. The smallest absolute Gasteiger partial charge is 0.236 e. The summed E-state index contributed by atoms with van der Waals surface area (Å²) in [5, 5.41) is 11.7. The molecule has 2 aromatic carbocycles. The molecular weight excluding hydrogens is 290 g/mol. The van der Waals surface area contributed by atoms with E-state index in [4.69, 9.17) is 14.4 Å². The quantitative estimate of drug-likeness (QED) is 0.775. The highest BCUT2D eigenvalue weighted by molar-refractivity contribution is 5.63. The SMILES string of the molecule is CNc1oc(COc2ccc(-c3ccccc3)cc2)nc1C#N. The molecule has 0 bridgehead atoms. The zero-order valence-corrected chi connectivity index (χ0v) is 12.6. The van der Waals surface area contributed by atoms with Gasteiger partial charge in [0.1, 0.15) is 11.8 Å². The van der Waals surface area contributed by atoms with Gasteiger partial charge in [0.25, 0.3) is 0 Å². The highest BCUT2D eigenvalue weighted by atomic mass is 16.5. The third-order valence-corrected chi connectivity index (χ3v) is 3.33. The highest BCUT2D eigenvalue weighted by Gasteiger charge is 2.11. The Labute approximate surface area is 134 Å². The van der Waals surface area contributed by atoms with Crippen molar-refractivity contribution in [2.24, 2.45) is 0 Å². The molecule has 0 spiro atoms. The first-order chi connectivity index (χ1) is 11.3. The predicted molar refractivity (Wildman–Crippen MR) is 87.0 cm³/mol. The molecule has 0 aliphatic heterocycles. The van der Waals surface area contributed by atoms with Crippen LogP contribution in [0.25, 0.3) is 11.1 Å². The fourth-order valence-corrected chi connectivity index (χ4v) is 2.19. The molecule has 23 heavy (non-hydrogen) atoms. The highest BCUT2D eigenvalue weighted by Crippen LogP contribution is 2.23. The number of nitriles is 1. The van der Waals surface area contributed by atoms with Crippen LogP contribution in [0.15, 0.2) is 59.0 Å². The van der Waals surface area contributed by atoms with Crippen molar-refractivity contribution in [2.45, 2.75) is 6.61 Å². The molecule has 1 N–H and O–H groups in total. The van der Waals surface area contributed by atoms with Crippen LogP contribution in [0.2, 0.25) is 0 Å². The van der Waals surface area contributed by atoms with Crippen LogP contribution in [-0.2, 0) is 6.61 Å². The van der Waals surface area contributed by atoms with Gasteiger partial charge in [-0.1, -0.05) is 42.5 Å². The summed E-state index contributed by atoms with van der Waals surface area (Å²) in [6.45, 7) is 0.168. The second kappa shape index (κ2) is 6.67. The van der Waals surface area contributed by atoms with E-state index in [9.17, 15) is 0 Å². The van der Waals surface area contributed by atoms with Crippen LogP contribution in [0.3, 0.4) is 0 Å². The van der Waals surface area contributed by atoms with E-state index < -0.39 is 0 Å². The molecular formula is C18H15N3O2. The first kappa shape index (κ1) is 14.7. The Balaban J connectivity index is 1.67. The van der Waals surface area contributed by atoms with E-state index in [0.29, 0.717) is 17.5 Å². The maximum Gasteiger partial charge on any atom is 0.236 e. The van der Waals surface area contributed by atoms with Crippen molar-refractivity contribution in [3.8, 4) is 22.9 Å². The first-order valence-electron chi connectivity index (χ1n) is 7.16. The van der Waals surface area contributed by atoms with E-state index in [1.54, 1.807) is 7.05 Å². The summed E-state index contributed by atoms with van der Waals surface area (Å²) in [4.78, 5) is 4.06. The van der Waals surface area contributed by atoms with Gasteiger partial charge in [-0.25, -0.2) is 0 Å². The number of hydrogen-bond donors (Lipinski definition) is 1. The van der Waals surface area contributed by atoms with Gasteiger partial charge < -0.3 is 14.5 Å². The Hall–Kier alpha value is -3.26. The summed E-state index contributed by atoms with van der Waals surface area (Å²) in [7, 11) is 1.67. The molecule has 0 fully saturated rings. The molecule has 0 atom stereocenters. The summed E-state index contributed by atoms with van der Waals surface area (Å²) in [6, 6.07) is 19.9. The summed E-state index contributed by atoms with van der Waals surface area (Å²) in [5.41, 5.74) is 2.51. The Morgan fingerprint density at radius 3 is 2.39 bits per heavy atom. The van der Waals surface area contributed by atoms with Gasteiger partial charge in [0.05, 0.1) is 0 Å². The number of ether oxygens (including phenoxy) is 1. The van der Waals surface area contributed by atoms with Crippen molar-refractivity contribution < 1.29 is 9.15 Å². The molecule has 114 valence electrons. The van der Waals surface area contributed by atoms with Gasteiger partial charge in [-0.05, 0) is 23.3 Å². The lowest BCUT2D eigenvalue weighted by atomic mass is 10.1. The predicted octanol–water partition coefficient (Wildman–Crippen LogP) is 3.83. The molecule has 3 rings (SSSR count). The monoisotopic (exact) mass is 305 g/mol. The minimum atomic E-state index is 0.168. The van der Waals surface area contributed by atoms with E-state index >= 15 is 0 Å². The average Bonchev–Trinajstić information content (AvgIpc) is 3.03. The normalized spacial score (nSPS) is 10.1. The Morgan fingerprint density at radius 2 is 1.78 bits per heavy atom. The third kappa shape index (κ3) is 3.33. The molecule has 0 radical (unpaired) electrons. The van der Waals surface area contributed by atoms with E-state index in [1.165, 1.54) is 0 Å². The number of oxazole rings is 1. The van der Waals surface area contributed by atoms with Gasteiger partial charge in [-0.3, -0.25) is 0 Å². The fraction of sp³-hybridized carbons (Fsp3) is 0.111. The van der Waals surface area contributed by atoms with Crippen molar-refractivity contribution in [2.75, 3.05) is 12.4 Å². The molecule has 0 aliphatic rings. The molecule has 0 saturated heterocycles. The van der Waals surface area contributed by atoms with Crippen LogP contribution in [0.1, 0.15) is 11.6 Å². The van der Waals surface area contributed by atoms with Gasteiger partial charge in [-0.15, -0.1) is 0 Å². The zero-order valence-electron chi connectivity index (χ0n) is 12.6. The summed E-state index contributed by atoms with van der Waals surface area (Å²) >= 11 is 0.